The number of nitrogen functional groups attached to an aromatic ring is 2. The van der Waals surface area contributed by atoms with E-state index in [0.717, 1.165) is 26.2 Å². The largest absolute Gasteiger partial charge is 3.00 e. The first-order valence-electron chi connectivity index (χ1n) is 9.00. The molecule has 0 fully saturated rings. The number of rotatable bonds is 6. The van der Waals surface area contributed by atoms with Crippen LogP contribution >= 0.6 is 0 Å². The van der Waals surface area contributed by atoms with Crippen LogP contribution in [0.1, 0.15) is 27.7 Å². The summed E-state index contributed by atoms with van der Waals surface area (Å²) in [7, 11) is 0. The Bertz CT molecular complexity index is 636. The van der Waals surface area contributed by atoms with Crippen molar-refractivity contribution >= 4 is 22.7 Å². The molecule has 0 aliphatic heterocycles. The molecular weight excluding hydrogens is 455 g/mol. The Balaban J connectivity index is 0. The van der Waals surface area contributed by atoms with E-state index in [1.165, 1.54) is 12.1 Å². The second-order valence-electron chi connectivity index (χ2n) is 5.80. The van der Waals surface area contributed by atoms with Gasteiger partial charge in [0, 0.05) is 48.9 Å². The number of nitrogens with two attached hydrogens (primary N) is 2. The van der Waals surface area contributed by atoms with E-state index >= 15 is 0 Å². The van der Waals surface area contributed by atoms with Crippen LogP contribution in [0, 0.1) is 0 Å². The summed E-state index contributed by atoms with van der Waals surface area (Å²) in [4.78, 5) is 4.00. The van der Waals surface area contributed by atoms with Crippen molar-refractivity contribution in [3.63, 3.8) is 0 Å². The van der Waals surface area contributed by atoms with Crippen LogP contribution in [0.3, 0.4) is 0 Å². The normalized spacial score (nSPS) is 9.29. The molecule has 0 spiro atoms. The van der Waals surface area contributed by atoms with E-state index in [9.17, 15) is 10.2 Å². The number of anilines is 4. The predicted molar refractivity (Wildman–Crippen MR) is 108 cm³/mol. The molecule has 2 aromatic rings. The molecule has 0 saturated heterocycles. The number of halogens is 1. The van der Waals surface area contributed by atoms with Crippen LogP contribution in [0.15, 0.2) is 36.4 Å². The zero-order valence-corrected chi connectivity index (χ0v) is 20.3. The van der Waals surface area contributed by atoms with Gasteiger partial charge in [-0.2, -0.15) is 0 Å². The third-order valence-corrected chi connectivity index (χ3v) is 4.17. The van der Waals surface area contributed by atoms with Crippen molar-refractivity contribution in [2.45, 2.75) is 27.7 Å². The van der Waals surface area contributed by atoms with Crippen LogP contribution in [-0.2, 0) is 26.2 Å². The quantitative estimate of drug-likeness (QED) is 0.529. The smallest absolute Gasteiger partial charge is 1.00 e. The number of hydrogen-bond acceptors (Lipinski definition) is 6. The molecule has 8 heteroatoms. The SMILES string of the molecule is CCN(CC)c1cc(N)ccc1[O-].CCN(CC)c1cc(N)ccc1[O-].[Cl-].[Zr+3]. The molecule has 28 heavy (non-hydrogen) atoms. The summed E-state index contributed by atoms with van der Waals surface area (Å²) in [5, 5.41) is 22.9. The van der Waals surface area contributed by atoms with Crippen LogP contribution in [0.4, 0.5) is 22.7 Å². The molecule has 0 aliphatic rings. The molecule has 1 radical (unpaired) electrons. The Kier molecular flexibility index (Phi) is 14.7. The Hall–Kier alpha value is -1.59. The number of benzene rings is 2. The summed E-state index contributed by atoms with van der Waals surface area (Å²) in [5.74, 6) is 0.0794. The van der Waals surface area contributed by atoms with Crippen molar-refractivity contribution in [3.8, 4) is 11.5 Å². The fourth-order valence-electron chi connectivity index (χ4n) is 2.69. The van der Waals surface area contributed by atoms with Gasteiger partial charge in [0.2, 0.25) is 0 Å². The molecule has 0 heterocycles. The van der Waals surface area contributed by atoms with Crippen molar-refractivity contribution in [1.82, 2.24) is 0 Å². The maximum atomic E-state index is 11.4. The molecule has 0 bridgehead atoms. The summed E-state index contributed by atoms with van der Waals surface area (Å²) in [6, 6.07) is 9.77. The minimum atomic E-state index is 0. The summed E-state index contributed by atoms with van der Waals surface area (Å²) < 4.78 is 0. The van der Waals surface area contributed by atoms with Gasteiger partial charge in [-0.15, -0.1) is 0 Å². The first-order chi connectivity index (χ1) is 12.4. The van der Waals surface area contributed by atoms with Gasteiger partial charge in [0.15, 0.2) is 0 Å². The fourth-order valence-corrected chi connectivity index (χ4v) is 2.69. The third-order valence-electron chi connectivity index (χ3n) is 4.17. The first kappa shape index (κ1) is 28.6. The average molecular weight is 485 g/mol. The molecule has 153 valence electrons. The van der Waals surface area contributed by atoms with Crippen LogP contribution in [0.5, 0.6) is 11.5 Å². The summed E-state index contributed by atoms with van der Waals surface area (Å²) in [5.41, 5.74) is 13.9. The Morgan fingerprint density at radius 2 is 0.964 bits per heavy atom. The number of nitrogens with zero attached hydrogens (tertiary/aromatic N) is 2. The molecule has 6 nitrogen and oxygen atoms in total. The molecule has 0 aliphatic carbocycles. The molecule has 0 amide bonds. The molecule has 4 N–H and O–H groups in total. The molecule has 0 aromatic heterocycles. The topological polar surface area (TPSA) is 105 Å². The van der Waals surface area contributed by atoms with E-state index in [4.69, 9.17) is 11.5 Å². The van der Waals surface area contributed by atoms with Gasteiger partial charge < -0.3 is 43.9 Å². The van der Waals surface area contributed by atoms with Gasteiger partial charge in [0.1, 0.15) is 0 Å². The Morgan fingerprint density at radius 3 is 1.21 bits per heavy atom. The third kappa shape index (κ3) is 8.19. The zero-order chi connectivity index (χ0) is 19.7. The van der Waals surface area contributed by atoms with Crippen LogP contribution in [-0.4, -0.2) is 26.2 Å². The molecule has 0 atom stereocenters. The van der Waals surface area contributed by atoms with Gasteiger partial charge in [-0.3, -0.25) is 0 Å². The summed E-state index contributed by atoms with van der Waals surface area (Å²) >= 11 is 0. The standard InChI is InChI=1S/2C10H16N2O.ClH.Zr/c2*1-3-12(4-2)9-7-8(11)5-6-10(9)13;;/h2*5-7,13H,3-4,11H2,1-2H3;1H;/q;;;+3/p-3. The Labute approximate surface area is 194 Å². The van der Waals surface area contributed by atoms with Crippen molar-refractivity contribution in [1.29, 1.82) is 0 Å². The van der Waals surface area contributed by atoms with Gasteiger partial charge in [0.25, 0.3) is 0 Å². The molecule has 2 rings (SSSR count). The Morgan fingerprint density at radius 1 is 0.679 bits per heavy atom. The van der Waals surface area contributed by atoms with Crippen LogP contribution in [0.2, 0.25) is 0 Å². The molecule has 0 unspecified atom stereocenters. The van der Waals surface area contributed by atoms with E-state index in [1.54, 1.807) is 24.3 Å². The summed E-state index contributed by atoms with van der Waals surface area (Å²) in [6.07, 6.45) is 0. The van der Waals surface area contributed by atoms with Gasteiger partial charge in [-0.05, 0) is 52.0 Å². The van der Waals surface area contributed by atoms with Gasteiger partial charge in [-0.1, -0.05) is 23.6 Å². The maximum absolute atomic E-state index is 11.4. The van der Waals surface area contributed by atoms with Gasteiger partial charge >= 0.3 is 26.2 Å². The monoisotopic (exact) mass is 483 g/mol. The van der Waals surface area contributed by atoms with E-state index in [1.807, 2.05) is 37.5 Å². The number of hydrogen-bond donors (Lipinski definition) is 2. The van der Waals surface area contributed by atoms with Gasteiger partial charge in [-0.25, -0.2) is 0 Å². The average Bonchev–Trinajstić information content (AvgIpc) is 2.63. The fraction of sp³-hybridized carbons (Fsp3) is 0.400. The first-order valence-corrected chi connectivity index (χ1v) is 9.00. The van der Waals surface area contributed by atoms with Crippen LogP contribution < -0.4 is 43.9 Å². The maximum Gasteiger partial charge on any atom is 3.00 e. The molecule has 2 aromatic carbocycles. The van der Waals surface area contributed by atoms with E-state index in [-0.39, 0.29) is 50.1 Å². The van der Waals surface area contributed by atoms with Crippen LogP contribution in [0.25, 0.3) is 0 Å². The minimum absolute atomic E-state index is 0. The second-order valence-corrected chi connectivity index (χ2v) is 5.80. The van der Waals surface area contributed by atoms with Crippen molar-refractivity contribution in [2.24, 2.45) is 0 Å². The summed E-state index contributed by atoms with van der Waals surface area (Å²) in [6.45, 7) is 11.4. The second kappa shape index (κ2) is 14.4. The predicted octanol–water partition coefficient (Wildman–Crippen LogP) is -0.621. The molecule has 0 saturated carbocycles. The van der Waals surface area contributed by atoms with Crippen molar-refractivity contribution in [2.75, 3.05) is 47.4 Å². The van der Waals surface area contributed by atoms with E-state index in [0.29, 0.717) is 22.7 Å². The van der Waals surface area contributed by atoms with Crippen molar-refractivity contribution < 1.29 is 48.8 Å². The van der Waals surface area contributed by atoms with E-state index in [2.05, 4.69) is 0 Å². The zero-order valence-electron chi connectivity index (χ0n) is 17.0. The molecular formula is C20H30ClN4O2Zr. The van der Waals surface area contributed by atoms with E-state index < -0.39 is 0 Å². The minimum Gasteiger partial charge on any atom is -1.00 e. The van der Waals surface area contributed by atoms with Gasteiger partial charge in [0.05, 0.1) is 0 Å². The van der Waals surface area contributed by atoms with Crippen molar-refractivity contribution in [3.05, 3.63) is 36.4 Å².